The highest BCUT2D eigenvalue weighted by Gasteiger charge is 2.09. The van der Waals surface area contributed by atoms with Gasteiger partial charge in [0.25, 0.3) is 0 Å². The van der Waals surface area contributed by atoms with Gasteiger partial charge >= 0.3 is 0 Å². The van der Waals surface area contributed by atoms with Gasteiger partial charge in [-0.15, -0.1) is 0 Å². The molecule has 0 spiro atoms. The van der Waals surface area contributed by atoms with E-state index in [1.807, 2.05) is 13.0 Å². The van der Waals surface area contributed by atoms with Crippen molar-refractivity contribution in [3.63, 3.8) is 0 Å². The number of aromatic nitrogens is 1. The first-order valence-corrected chi connectivity index (χ1v) is 4.83. The Bertz CT molecular complexity index is 278. The minimum absolute atomic E-state index is 0.214. The summed E-state index contributed by atoms with van der Waals surface area (Å²) in [5, 5.41) is 0.669. The summed E-state index contributed by atoms with van der Waals surface area (Å²) in [6, 6.07) is 1.83. The summed E-state index contributed by atoms with van der Waals surface area (Å²) in [5.41, 5.74) is 6.36. The van der Waals surface area contributed by atoms with Crippen LogP contribution in [0.5, 0.6) is 0 Å². The molecule has 0 fully saturated rings. The van der Waals surface area contributed by atoms with E-state index in [2.05, 4.69) is 20.9 Å². The SMILES string of the molecule is CC(CN)c1ncc(Br)cc1Cl. The van der Waals surface area contributed by atoms with Crippen LogP contribution in [0.1, 0.15) is 18.5 Å². The van der Waals surface area contributed by atoms with E-state index in [1.165, 1.54) is 0 Å². The lowest BCUT2D eigenvalue weighted by Crippen LogP contribution is -2.10. The van der Waals surface area contributed by atoms with Crippen LogP contribution in [0, 0.1) is 0 Å². The molecular weight excluding hydrogens is 239 g/mol. The van der Waals surface area contributed by atoms with Crippen molar-refractivity contribution in [2.24, 2.45) is 5.73 Å². The molecule has 0 amide bonds. The second-order valence-electron chi connectivity index (χ2n) is 2.66. The van der Waals surface area contributed by atoms with Crippen molar-refractivity contribution in [2.75, 3.05) is 6.54 Å². The first kappa shape index (κ1) is 9.96. The second-order valence-corrected chi connectivity index (χ2v) is 3.98. The normalized spacial score (nSPS) is 13.0. The van der Waals surface area contributed by atoms with Gasteiger partial charge in [-0.25, -0.2) is 0 Å². The van der Waals surface area contributed by atoms with Crippen LogP contribution in [-0.2, 0) is 0 Å². The third-order valence-electron chi connectivity index (χ3n) is 1.66. The number of pyridine rings is 1. The molecule has 0 bridgehead atoms. The van der Waals surface area contributed by atoms with Gasteiger partial charge in [0.15, 0.2) is 0 Å². The minimum Gasteiger partial charge on any atom is -0.330 e. The van der Waals surface area contributed by atoms with E-state index in [4.69, 9.17) is 17.3 Å². The van der Waals surface area contributed by atoms with Crippen molar-refractivity contribution in [3.8, 4) is 0 Å². The van der Waals surface area contributed by atoms with Gasteiger partial charge in [-0.2, -0.15) is 0 Å². The number of nitrogens with two attached hydrogens (primary N) is 1. The molecule has 2 nitrogen and oxygen atoms in total. The molecule has 0 saturated carbocycles. The zero-order valence-electron chi connectivity index (χ0n) is 6.72. The summed E-state index contributed by atoms with van der Waals surface area (Å²) in [7, 11) is 0. The van der Waals surface area contributed by atoms with Crippen molar-refractivity contribution >= 4 is 27.5 Å². The van der Waals surface area contributed by atoms with Crippen LogP contribution in [0.3, 0.4) is 0 Å². The Morgan fingerprint density at radius 1 is 1.75 bits per heavy atom. The third-order valence-corrected chi connectivity index (χ3v) is 2.39. The third kappa shape index (κ3) is 2.19. The van der Waals surface area contributed by atoms with Gasteiger partial charge in [0.2, 0.25) is 0 Å². The molecule has 0 aliphatic heterocycles. The summed E-state index contributed by atoms with van der Waals surface area (Å²) >= 11 is 9.24. The Morgan fingerprint density at radius 2 is 2.42 bits per heavy atom. The number of hydrogen-bond acceptors (Lipinski definition) is 2. The highest BCUT2D eigenvalue weighted by atomic mass is 79.9. The van der Waals surface area contributed by atoms with Crippen LogP contribution in [0.25, 0.3) is 0 Å². The second kappa shape index (κ2) is 4.21. The number of hydrogen-bond donors (Lipinski definition) is 1. The zero-order valence-corrected chi connectivity index (χ0v) is 9.06. The standard InChI is InChI=1S/C8H10BrClN2/c1-5(3-11)8-7(10)2-6(9)4-12-8/h2,4-5H,3,11H2,1H3. The van der Waals surface area contributed by atoms with E-state index in [-0.39, 0.29) is 5.92 Å². The highest BCUT2D eigenvalue weighted by molar-refractivity contribution is 9.10. The first-order chi connectivity index (χ1) is 5.65. The van der Waals surface area contributed by atoms with Gasteiger partial charge in [0, 0.05) is 23.1 Å². The Labute approximate surface area is 85.3 Å². The van der Waals surface area contributed by atoms with Gasteiger partial charge in [0.05, 0.1) is 10.7 Å². The molecule has 1 aromatic heterocycles. The molecule has 0 radical (unpaired) electrons. The average Bonchev–Trinajstić information content (AvgIpc) is 2.03. The summed E-state index contributed by atoms with van der Waals surface area (Å²) in [6.07, 6.45) is 1.73. The van der Waals surface area contributed by atoms with Gasteiger partial charge in [0.1, 0.15) is 0 Å². The van der Waals surface area contributed by atoms with Crippen molar-refractivity contribution in [1.82, 2.24) is 4.98 Å². The minimum atomic E-state index is 0.214. The van der Waals surface area contributed by atoms with E-state index >= 15 is 0 Å². The summed E-state index contributed by atoms with van der Waals surface area (Å²) in [6.45, 7) is 2.57. The molecule has 1 heterocycles. The molecular formula is C8H10BrClN2. The molecule has 0 aliphatic carbocycles. The lowest BCUT2D eigenvalue weighted by atomic mass is 10.1. The molecule has 12 heavy (non-hydrogen) atoms. The van der Waals surface area contributed by atoms with E-state index in [1.54, 1.807) is 6.20 Å². The molecule has 0 aromatic carbocycles. The first-order valence-electron chi connectivity index (χ1n) is 3.66. The van der Waals surface area contributed by atoms with E-state index in [0.717, 1.165) is 10.2 Å². The predicted octanol–water partition coefficient (Wildman–Crippen LogP) is 2.56. The lowest BCUT2D eigenvalue weighted by Gasteiger charge is -2.09. The summed E-state index contributed by atoms with van der Waals surface area (Å²) < 4.78 is 0.889. The van der Waals surface area contributed by atoms with Crippen LogP contribution >= 0.6 is 27.5 Å². The fourth-order valence-electron chi connectivity index (χ4n) is 0.899. The molecule has 0 aliphatic rings. The van der Waals surface area contributed by atoms with Crippen molar-refractivity contribution in [2.45, 2.75) is 12.8 Å². The monoisotopic (exact) mass is 248 g/mol. The van der Waals surface area contributed by atoms with Crippen LogP contribution in [-0.4, -0.2) is 11.5 Å². The van der Waals surface area contributed by atoms with Crippen LogP contribution in [0.2, 0.25) is 5.02 Å². The molecule has 0 saturated heterocycles. The van der Waals surface area contributed by atoms with E-state index in [0.29, 0.717) is 11.6 Å². The van der Waals surface area contributed by atoms with Crippen LogP contribution < -0.4 is 5.73 Å². The Morgan fingerprint density at radius 3 is 2.92 bits per heavy atom. The van der Waals surface area contributed by atoms with Gasteiger partial charge in [-0.3, -0.25) is 4.98 Å². The maximum Gasteiger partial charge on any atom is 0.0635 e. The lowest BCUT2D eigenvalue weighted by molar-refractivity contribution is 0.745. The number of halogens is 2. The maximum atomic E-state index is 5.96. The van der Waals surface area contributed by atoms with Gasteiger partial charge in [-0.1, -0.05) is 18.5 Å². The molecule has 1 rings (SSSR count). The molecule has 66 valence electrons. The fourth-order valence-corrected chi connectivity index (χ4v) is 1.72. The van der Waals surface area contributed by atoms with Crippen molar-refractivity contribution < 1.29 is 0 Å². The highest BCUT2D eigenvalue weighted by Crippen LogP contribution is 2.24. The van der Waals surface area contributed by atoms with Crippen LogP contribution in [0.4, 0.5) is 0 Å². The molecule has 1 atom stereocenters. The number of nitrogens with zero attached hydrogens (tertiary/aromatic N) is 1. The molecule has 1 unspecified atom stereocenters. The van der Waals surface area contributed by atoms with Crippen molar-refractivity contribution in [3.05, 3.63) is 27.5 Å². The Kier molecular flexibility index (Phi) is 3.50. The average molecular weight is 250 g/mol. The topological polar surface area (TPSA) is 38.9 Å². The van der Waals surface area contributed by atoms with Gasteiger partial charge in [-0.05, 0) is 22.0 Å². The zero-order chi connectivity index (χ0) is 9.14. The summed E-state index contributed by atoms with van der Waals surface area (Å²) in [5.74, 6) is 0.214. The predicted molar refractivity (Wildman–Crippen MR) is 54.4 cm³/mol. The van der Waals surface area contributed by atoms with E-state index < -0.39 is 0 Å². The Hall–Kier alpha value is -0.120. The Balaban J connectivity index is 3.01. The smallest absolute Gasteiger partial charge is 0.0635 e. The van der Waals surface area contributed by atoms with Crippen LogP contribution in [0.15, 0.2) is 16.7 Å². The molecule has 4 heteroatoms. The molecule has 2 N–H and O–H groups in total. The van der Waals surface area contributed by atoms with E-state index in [9.17, 15) is 0 Å². The maximum absolute atomic E-state index is 5.96. The van der Waals surface area contributed by atoms with Gasteiger partial charge < -0.3 is 5.73 Å². The summed E-state index contributed by atoms with van der Waals surface area (Å²) in [4.78, 5) is 4.19. The quantitative estimate of drug-likeness (QED) is 0.875. The number of rotatable bonds is 2. The van der Waals surface area contributed by atoms with Crippen molar-refractivity contribution in [1.29, 1.82) is 0 Å². The molecule has 1 aromatic rings. The largest absolute Gasteiger partial charge is 0.330 e. The fraction of sp³-hybridized carbons (Fsp3) is 0.375.